The van der Waals surface area contributed by atoms with E-state index < -0.39 is 16.8 Å². The first-order valence-corrected chi connectivity index (χ1v) is 12.2. The van der Waals surface area contributed by atoms with Gasteiger partial charge in [0.25, 0.3) is 0 Å². The van der Waals surface area contributed by atoms with E-state index in [1.165, 1.54) is 0 Å². The highest BCUT2D eigenvalue weighted by molar-refractivity contribution is 5.90. The van der Waals surface area contributed by atoms with Gasteiger partial charge >= 0.3 is 5.97 Å². The number of carbonyl (C=O) groups excluding carboxylic acids is 1. The van der Waals surface area contributed by atoms with Gasteiger partial charge in [0, 0.05) is 18.6 Å². The Hall–Kier alpha value is -1.16. The maximum absolute atomic E-state index is 13.3. The van der Waals surface area contributed by atoms with Crippen molar-refractivity contribution in [2.75, 3.05) is 13.2 Å². The molecule has 168 valence electrons. The number of allylic oxidation sites excluding steroid dienone is 1. The van der Waals surface area contributed by atoms with E-state index in [4.69, 9.17) is 4.74 Å². The minimum absolute atomic E-state index is 0.141. The summed E-state index contributed by atoms with van der Waals surface area (Å²) >= 11 is 0. The first kappa shape index (κ1) is 22.0. The lowest BCUT2D eigenvalue weighted by Gasteiger charge is -2.58. The third-order valence-corrected chi connectivity index (χ3v) is 9.65. The minimum Gasteiger partial charge on any atom is -0.481 e. The van der Waals surface area contributed by atoms with Crippen LogP contribution >= 0.6 is 0 Å². The molecule has 7 atom stereocenters. The number of rotatable bonds is 9. The Balaban J connectivity index is 1.77. The third kappa shape index (κ3) is 2.55. The van der Waals surface area contributed by atoms with E-state index in [1.807, 2.05) is 0 Å². The first-order valence-electron chi connectivity index (χ1n) is 12.2. The predicted octanol–water partition coefficient (Wildman–Crippen LogP) is 5.36. The van der Waals surface area contributed by atoms with Gasteiger partial charge in [0.1, 0.15) is 11.7 Å². The van der Waals surface area contributed by atoms with Crippen LogP contribution in [-0.4, -0.2) is 30.6 Å². The number of carboxylic acids is 1. The average molecular weight is 417 g/mol. The number of hydrogen-bond donors (Lipinski definition) is 1. The molecule has 4 aliphatic carbocycles. The fourth-order valence-corrected chi connectivity index (χ4v) is 8.51. The molecule has 0 aromatic carbocycles. The SMILES string of the molecule is CC(C)CCOCCC12CC3C(CC[C@H]3C)C3(C=O)CC1C=C(C(C)C)C32C(=O)O. The van der Waals surface area contributed by atoms with Crippen molar-refractivity contribution in [1.29, 1.82) is 0 Å². The summed E-state index contributed by atoms with van der Waals surface area (Å²) in [5.74, 6) is 1.41. The molecular weight excluding hydrogens is 376 g/mol. The third-order valence-electron chi connectivity index (χ3n) is 9.65. The highest BCUT2D eigenvalue weighted by atomic mass is 16.5. The summed E-state index contributed by atoms with van der Waals surface area (Å²) in [6.45, 7) is 12.2. The number of hydrogen-bond acceptors (Lipinski definition) is 3. The Morgan fingerprint density at radius 3 is 2.57 bits per heavy atom. The van der Waals surface area contributed by atoms with E-state index in [0.29, 0.717) is 24.4 Å². The monoisotopic (exact) mass is 416 g/mol. The molecule has 4 rings (SSSR count). The maximum atomic E-state index is 13.3. The summed E-state index contributed by atoms with van der Waals surface area (Å²) in [6.07, 6.45) is 8.94. The number of carbonyl (C=O) groups is 2. The second kappa shape index (κ2) is 7.46. The molecule has 4 nitrogen and oxygen atoms in total. The summed E-state index contributed by atoms with van der Waals surface area (Å²) < 4.78 is 6.04. The molecule has 0 aromatic rings. The molecule has 0 spiro atoms. The van der Waals surface area contributed by atoms with Gasteiger partial charge in [0.15, 0.2) is 0 Å². The van der Waals surface area contributed by atoms with Crippen molar-refractivity contribution in [3.63, 3.8) is 0 Å². The van der Waals surface area contributed by atoms with Gasteiger partial charge in [-0.1, -0.05) is 52.7 Å². The zero-order valence-corrected chi connectivity index (χ0v) is 19.4. The van der Waals surface area contributed by atoms with Crippen LogP contribution in [0.15, 0.2) is 11.6 Å². The van der Waals surface area contributed by atoms with Crippen molar-refractivity contribution in [1.82, 2.24) is 0 Å². The van der Waals surface area contributed by atoms with Crippen LogP contribution in [0, 0.1) is 51.8 Å². The molecule has 4 bridgehead atoms. The van der Waals surface area contributed by atoms with Crippen LogP contribution in [0.2, 0.25) is 0 Å². The van der Waals surface area contributed by atoms with E-state index in [0.717, 1.165) is 57.0 Å². The quantitative estimate of drug-likeness (QED) is 0.312. The lowest BCUT2D eigenvalue weighted by atomic mass is 9.42. The fraction of sp³-hybridized carbons (Fsp3) is 0.846. The van der Waals surface area contributed by atoms with E-state index in [9.17, 15) is 14.7 Å². The van der Waals surface area contributed by atoms with E-state index in [-0.39, 0.29) is 23.2 Å². The number of fused-ring (bicyclic) bond motifs is 2. The Morgan fingerprint density at radius 1 is 1.23 bits per heavy atom. The van der Waals surface area contributed by atoms with Crippen LogP contribution in [0.1, 0.15) is 73.1 Å². The van der Waals surface area contributed by atoms with Crippen LogP contribution in [0.5, 0.6) is 0 Å². The molecule has 0 aromatic heterocycles. The summed E-state index contributed by atoms with van der Waals surface area (Å²) in [4.78, 5) is 26.2. The van der Waals surface area contributed by atoms with Gasteiger partial charge in [0.2, 0.25) is 0 Å². The van der Waals surface area contributed by atoms with Crippen LogP contribution in [0.25, 0.3) is 0 Å². The fourth-order valence-electron chi connectivity index (χ4n) is 8.51. The number of ether oxygens (including phenoxy) is 1. The molecule has 6 unspecified atom stereocenters. The summed E-state index contributed by atoms with van der Waals surface area (Å²) in [5, 5.41) is 10.9. The molecule has 4 aliphatic rings. The molecule has 0 amide bonds. The Bertz CT molecular complexity index is 739. The molecule has 4 heteroatoms. The topological polar surface area (TPSA) is 63.6 Å². The molecule has 0 heterocycles. The summed E-state index contributed by atoms with van der Waals surface area (Å²) in [7, 11) is 0. The van der Waals surface area contributed by atoms with Crippen LogP contribution in [-0.2, 0) is 14.3 Å². The minimum atomic E-state index is -1.05. The van der Waals surface area contributed by atoms with E-state index in [1.54, 1.807) is 0 Å². The lowest BCUT2D eigenvalue weighted by Crippen LogP contribution is -2.62. The normalized spacial score (nSPS) is 43.9. The highest BCUT2D eigenvalue weighted by Crippen LogP contribution is 2.83. The van der Waals surface area contributed by atoms with Crippen molar-refractivity contribution in [2.24, 2.45) is 51.8 Å². The van der Waals surface area contributed by atoms with Crippen LogP contribution < -0.4 is 0 Å². The molecule has 3 saturated carbocycles. The van der Waals surface area contributed by atoms with E-state index in [2.05, 4.69) is 40.7 Å². The largest absolute Gasteiger partial charge is 0.481 e. The van der Waals surface area contributed by atoms with Crippen molar-refractivity contribution >= 4 is 12.3 Å². The zero-order valence-electron chi connectivity index (χ0n) is 19.4. The van der Waals surface area contributed by atoms with E-state index >= 15 is 0 Å². The molecule has 30 heavy (non-hydrogen) atoms. The molecule has 1 N–H and O–H groups in total. The van der Waals surface area contributed by atoms with Gasteiger partial charge in [-0.2, -0.15) is 0 Å². The van der Waals surface area contributed by atoms with Gasteiger partial charge < -0.3 is 14.6 Å². The van der Waals surface area contributed by atoms with Gasteiger partial charge in [-0.3, -0.25) is 4.79 Å². The smallest absolute Gasteiger partial charge is 0.315 e. The number of aliphatic carboxylic acids is 1. The van der Waals surface area contributed by atoms with Crippen LogP contribution in [0.3, 0.4) is 0 Å². The Labute approximate surface area is 181 Å². The number of aldehydes is 1. The average Bonchev–Trinajstić information content (AvgIpc) is 3.24. The molecule has 0 aliphatic heterocycles. The maximum Gasteiger partial charge on any atom is 0.315 e. The highest BCUT2D eigenvalue weighted by Gasteiger charge is 2.83. The lowest BCUT2D eigenvalue weighted by molar-refractivity contribution is -0.182. The standard InChI is InChI=1S/C26H40O4/c1-16(2)8-10-30-11-9-24-14-20-18(5)6-7-21(20)25(15-27)13-19(24)12-22(17(3)4)26(24,25)23(28)29/h12,15-21H,6-11,13-14H2,1-5H3,(H,28,29)/t18-,19?,20?,21?,24?,25?,26?/m1/s1. The molecule has 0 radical (unpaired) electrons. The first-order chi connectivity index (χ1) is 14.2. The van der Waals surface area contributed by atoms with Gasteiger partial charge in [0.05, 0.1) is 5.41 Å². The van der Waals surface area contributed by atoms with Gasteiger partial charge in [-0.25, -0.2) is 0 Å². The molecule has 3 fully saturated rings. The molecular formula is C26H40O4. The summed E-state index contributed by atoms with van der Waals surface area (Å²) in [5.41, 5.74) is -1.15. The van der Waals surface area contributed by atoms with Crippen LogP contribution in [0.4, 0.5) is 0 Å². The van der Waals surface area contributed by atoms with Crippen molar-refractivity contribution in [3.8, 4) is 0 Å². The Kier molecular flexibility index (Phi) is 5.48. The second-order valence-corrected chi connectivity index (χ2v) is 11.5. The van der Waals surface area contributed by atoms with Crippen molar-refractivity contribution in [2.45, 2.75) is 73.1 Å². The number of carboxylic acid groups (broad SMARTS) is 1. The zero-order chi connectivity index (χ0) is 21.9. The Morgan fingerprint density at radius 2 is 1.97 bits per heavy atom. The van der Waals surface area contributed by atoms with Gasteiger partial charge in [-0.05, 0) is 67.6 Å². The second-order valence-electron chi connectivity index (χ2n) is 11.5. The van der Waals surface area contributed by atoms with Crippen molar-refractivity contribution < 1.29 is 19.4 Å². The molecule has 0 saturated heterocycles. The summed E-state index contributed by atoms with van der Waals surface area (Å²) in [6, 6.07) is 0. The van der Waals surface area contributed by atoms with Gasteiger partial charge in [-0.15, -0.1) is 0 Å². The predicted molar refractivity (Wildman–Crippen MR) is 117 cm³/mol. The van der Waals surface area contributed by atoms with Crippen molar-refractivity contribution in [3.05, 3.63) is 11.6 Å².